The molecule has 4 nitrogen and oxygen atoms in total. The largest absolute Gasteiger partial charge is 0.360 e. The monoisotopic (exact) mass is 338 g/mol. The summed E-state index contributed by atoms with van der Waals surface area (Å²) in [7, 11) is 0. The Balaban J connectivity index is 1.75. The van der Waals surface area contributed by atoms with Gasteiger partial charge in [-0.3, -0.25) is 4.79 Å². The molecule has 3 aromatic rings. The van der Waals surface area contributed by atoms with Gasteiger partial charge in [0.25, 0.3) is 0 Å². The van der Waals surface area contributed by atoms with Gasteiger partial charge in [-0.25, -0.2) is 0 Å². The lowest BCUT2D eigenvalue weighted by Gasteiger charge is -2.16. The molecule has 0 bridgehead atoms. The summed E-state index contributed by atoms with van der Waals surface area (Å²) >= 11 is 1.59. The molecule has 1 unspecified atom stereocenters. The van der Waals surface area contributed by atoms with Gasteiger partial charge in [0.05, 0.1) is 0 Å². The molecule has 122 valence electrons. The predicted octanol–water partition coefficient (Wildman–Crippen LogP) is 4.60. The molecule has 0 saturated carbocycles. The summed E-state index contributed by atoms with van der Waals surface area (Å²) in [5.41, 5.74) is 2.16. The summed E-state index contributed by atoms with van der Waals surface area (Å²) in [6.45, 7) is 1.79. The van der Waals surface area contributed by atoms with Crippen LogP contribution in [-0.2, 0) is 10.5 Å². The van der Waals surface area contributed by atoms with Crippen LogP contribution in [0.15, 0.2) is 71.3 Å². The van der Waals surface area contributed by atoms with Gasteiger partial charge in [-0.05, 0) is 18.1 Å². The molecule has 5 heteroatoms. The van der Waals surface area contributed by atoms with E-state index in [1.807, 2.05) is 48.5 Å². The van der Waals surface area contributed by atoms with Crippen LogP contribution in [-0.4, -0.2) is 11.1 Å². The molecular weight excluding hydrogens is 320 g/mol. The molecule has 0 spiro atoms. The molecule has 2 aromatic carbocycles. The fourth-order valence-corrected chi connectivity index (χ4v) is 3.43. The molecule has 3 rings (SSSR count). The Bertz CT molecular complexity index is 787. The van der Waals surface area contributed by atoms with Crippen LogP contribution in [0.1, 0.15) is 22.1 Å². The molecule has 0 aliphatic rings. The number of carbonyl (C=O) groups is 1. The number of rotatable bonds is 6. The third kappa shape index (κ3) is 4.26. The second-order valence-corrected chi connectivity index (χ2v) is 6.49. The van der Waals surface area contributed by atoms with Crippen LogP contribution < -0.4 is 5.32 Å². The van der Waals surface area contributed by atoms with Gasteiger partial charge in [0.1, 0.15) is 11.0 Å². The first-order valence-electron chi connectivity index (χ1n) is 7.67. The van der Waals surface area contributed by atoms with Crippen LogP contribution in [0.25, 0.3) is 0 Å². The summed E-state index contributed by atoms with van der Waals surface area (Å²) in [5, 5.41) is 6.35. The third-order valence-corrected chi connectivity index (χ3v) is 4.80. The second kappa shape index (κ2) is 7.84. The summed E-state index contributed by atoms with van der Waals surface area (Å²) in [6, 6.07) is 21.6. The number of hydrogen-bond donors (Lipinski definition) is 1. The minimum atomic E-state index is -0.316. The van der Waals surface area contributed by atoms with Crippen LogP contribution in [0.2, 0.25) is 0 Å². The first-order valence-corrected chi connectivity index (χ1v) is 8.72. The number of thioether (sulfide) groups is 1. The van der Waals surface area contributed by atoms with Crippen molar-refractivity contribution in [3.63, 3.8) is 0 Å². The van der Waals surface area contributed by atoms with Crippen molar-refractivity contribution in [1.29, 1.82) is 0 Å². The Kier molecular flexibility index (Phi) is 5.33. The lowest BCUT2D eigenvalue weighted by molar-refractivity contribution is -0.115. The highest BCUT2D eigenvalue weighted by Crippen LogP contribution is 2.32. The Labute approximate surface area is 145 Å². The van der Waals surface area contributed by atoms with Crippen LogP contribution in [0, 0.1) is 6.92 Å². The molecule has 1 N–H and O–H groups in total. The average molecular weight is 338 g/mol. The molecule has 0 fully saturated rings. The molecule has 0 radical (unpaired) electrons. The SMILES string of the molecule is Cc1cc(NC(=O)C(SCc2ccccc2)c2ccccc2)no1. The van der Waals surface area contributed by atoms with E-state index in [4.69, 9.17) is 4.52 Å². The topological polar surface area (TPSA) is 55.1 Å². The standard InChI is InChI=1S/C19H18N2O2S/c1-14-12-17(21-23-14)20-19(22)18(16-10-6-3-7-11-16)24-13-15-8-4-2-5-9-15/h2-12,18H,13H2,1H3,(H,20,21,22). The molecule has 1 amide bonds. The van der Waals surface area contributed by atoms with Crippen molar-refractivity contribution in [3.8, 4) is 0 Å². The van der Waals surface area contributed by atoms with Gasteiger partial charge in [0.2, 0.25) is 5.91 Å². The lowest BCUT2D eigenvalue weighted by atomic mass is 10.1. The van der Waals surface area contributed by atoms with Crippen molar-refractivity contribution in [2.75, 3.05) is 5.32 Å². The number of hydrogen-bond acceptors (Lipinski definition) is 4. The lowest BCUT2D eigenvalue weighted by Crippen LogP contribution is -2.19. The van der Waals surface area contributed by atoms with Crippen molar-refractivity contribution in [3.05, 3.63) is 83.6 Å². The smallest absolute Gasteiger partial charge is 0.243 e. The fraction of sp³-hybridized carbons (Fsp3) is 0.158. The zero-order valence-electron chi connectivity index (χ0n) is 13.3. The second-order valence-electron chi connectivity index (χ2n) is 5.40. The molecule has 24 heavy (non-hydrogen) atoms. The highest BCUT2D eigenvalue weighted by molar-refractivity contribution is 7.99. The molecule has 0 aliphatic carbocycles. The van der Waals surface area contributed by atoms with E-state index in [2.05, 4.69) is 22.6 Å². The molecule has 0 saturated heterocycles. The van der Waals surface area contributed by atoms with Gasteiger partial charge in [0.15, 0.2) is 5.82 Å². The van der Waals surface area contributed by atoms with Crippen molar-refractivity contribution in [2.24, 2.45) is 0 Å². The van der Waals surface area contributed by atoms with E-state index < -0.39 is 0 Å². The van der Waals surface area contributed by atoms with E-state index in [9.17, 15) is 4.79 Å². The van der Waals surface area contributed by atoms with E-state index in [1.54, 1.807) is 24.8 Å². The minimum Gasteiger partial charge on any atom is -0.360 e. The van der Waals surface area contributed by atoms with Gasteiger partial charge in [-0.15, -0.1) is 11.8 Å². The van der Waals surface area contributed by atoms with E-state index in [1.165, 1.54) is 5.56 Å². The summed E-state index contributed by atoms with van der Waals surface area (Å²) in [5.74, 6) is 1.76. The van der Waals surface area contributed by atoms with Gasteiger partial charge < -0.3 is 9.84 Å². The van der Waals surface area contributed by atoms with Gasteiger partial charge in [-0.1, -0.05) is 65.8 Å². The van der Waals surface area contributed by atoms with Crippen LogP contribution in [0.3, 0.4) is 0 Å². The Hall–Kier alpha value is -2.53. The number of nitrogens with one attached hydrogen (secondary N) is 1. The maximum absolute atomic E-state index is 12.7. The number of nitrogens with zero attached hydrogens (tertiary/aromatic N) is 1. The molecular formula is C19H18N2O2S. The molecule has 1 heterocycles. The number of benzene rings is 2. The number of aryl methyl sites for hydroxylation is 1. The van der Waals surface area contributed by atoms with Crippen LogP contribution >= 0.6 is 11.8 Å². The van der Waals surface area contributed by atoms with E-state index in [-0.39, 0.29) is 11.2 Å². The summed E-state index contributed by atoms with van der Waals surface area (Å²) in [4.78, 5) is 12.7. The zero-order chi connectivity index (χ0) is 16.8. The van der Waals surface area contributed by atoms with Gasteiger partial charge in [-0.2, -0.15) is 0 Å². The fourth-order valence-electron chi connectivity index (χ4n) is 2.32. The Morgan fingerprint density at radius 3 is 2.42 bits per heavy atom. The van der Waals surface area contributed by atoms with E-state index in [0.29, 0.717) is 11.6 Å². The number of carbonyl (C=O) groups excluding carboxylic acids is 1. The first kappa shape index (κ1) is 16.3. The zero-order valence-corrected chi connectivity index (χ0v) is 14.1. The normalized spacial score (nSPS) is 11.9. The van der Waals surface area contributed by atoms with E-state index >= 15 is 0 Å². The number of aromatic nitrogens is 1. The van der Waals surface area contributed by atoms with Crippen molar-refractivity contribution in [2.45, 2.75) is 17.9 Å². The third-order valence-electron chi connectivity index (χ3n) is 3.48. The van der Waals surface area contributed by atoms with Gasteiger partial charge >= 0.3 is 0 Å². The van der Waals surface area contributed by atoms with Gasteiger partial charge in [0, 0.05) is 11.8 Å². The average Bonchev–Trinajstić information content (AvgIpc) is 3.02. The van der Waals surface area contributed by atoms with Crippen molar-refractivity contribution in [1.82, 2.24) is 5.16 Å². The highest BCUT2D eigenvalue weighted by atomic mass is 32.2. The summed E-state index contributed by atoms with van der Waals surface area (Å²) in [6.07, 6.45) is 0. The predicted molar refractivity (Wildman–Crippen MR) is 96.8 cm³/mol. The Morgan fingerprint density at radius 2 is 1.79 bits per heavy atom. The highest BCUT2D eigenvalue weighted by Gasteiger charge is 2.22. The quantitative estimate of drug-likeness (QED) is 0.714. The van der Waals surface area contributed by atoms with Crippen LogP contribution in [0.5, 0.6) is 0 Å². The molecule has 1 aromatic heterocycles. The Morgan fingerprint density at radius 1 is 1.12 bits per heavy atom. The van der Waals surface area contributed by atoms with Crippen LogP contribution in [0.4, 0.5) is 5.82 Å². The number of amides is 1. The summed E-state index contributed by atoms with van der Waals surface area (Å²) < 4.78 is 5.01. The van der Waals surface area contributed by atoms with Crippen molar-refractivity contribution >= 4 is 23.5 Å². The molecule has 1 atom stereocenters. The first-order chi connectivity index (χ1) is 11.7. The number of anilines is 1. The minimum absolute atomic E-state index is 0.101. The van der Waals surface area contributed by atoms with E-state index in [0.717, 1.165) is 11.3 Å². The molecule has 0 aliphatic heterocycles. The maximum Gasteiger partial charge on any atom is 0.243 e. The maximum atomic E-state index is 12.7. The van der Waals surface area contributed by atoms with Crippen molar-refractivity contribution < 1.29 is 9.32 Å².